The lowest BCUT2D eigenvalue weighted by Gasteiger charge is -2.04. The molecule has 4 heteroatoms. The van der Waals surface area contributed by atoms with Crippen molar-refractivity contribution in [3.63, 3.8) is 0 Å². The van der Waals surface area contributed by atoms with E-state index in [1.54, 1.807) is 12.1 Å². The summed E-state index contributed by atoms with van der Waals surface area (Å²) in [5.41, 5.74) is 0.357. The quantitative estimate of drug-likeness (QED) is 0.566. The van der Waals surface area contributed by atoms with Gasteiger partial charge in [0.05, 0.1) is 12.7 Å². The number of Topliss-reactive ketones (excluding diaryl/α,β-unsaturated/α-hetero) is 1. The summed E-state index contributed by atoms with van der Waals surface area (Å²) in [6, 6.07) is 6.20. The van der Waals surface area contributed by atoms with E-state index in [4.69, 9.17) is 5.11 Å². The van der Waals surface area contributed by atoms with E-state index in [1.807, 2.05) is 0 Å². The molecule has 1 rings (SSSR count). The van der Waals surface area contributed by atoms with E-state index in [2.05, 4.69) is 4.74 Å². The van der Waals surface area contributed by atoms with Crippen LogP contribution < -0.4 is 0 Å². The molecule has 14 heavy (non-hydrogen) atoms. The number of hydrogen-bond acceptors (Lipinski definition) is 4. The molecule has 0 atom stereocenters. The third kappa shape index (κ3) is 1.97. The van der Waals surface area contributed by atoms with Gasteiger partial charge in [-0.15, -0.1) is 0 Å². The molecular formula is C10H10O4. The largest absolute Gasteiger partial charge is 0.465 e. The SMILES string of the molecule is COC(=O)c1ccccc1C(=O)CO. The van der Waals surface area contributed by atoms with Gasteiger partial charge in [-0.2, -0.15) is 0 Å². The lowest BCUT2D eigenvalue weighted by molar-refractivity contribution is 0.0596. The average molecular weight is 194 g/mol. The molecule has 1 aromatic rings. The van der Waals surface area contributed by atoms with Crippen LogP contribution in [0, 0.1) is 0 Å². The predicted octanol–water partition coefficient (Wildman–Crippen LogP) is 0.648. The van der Waals surface area contributed by atoms with Crippen molar-refractivity contribution in [3.05, 3.63) is 35.4 Å². The minimum Gasteiger partial charge on any atom is -0.465 e. The lowest BCUT2D eigenvalue weighted by atomic mass is 10.0. The number of aliphatic hydroxyl groups excluding tert-OH is 1. The molecule has 0 heterocycles. The van der Waals surface area contributed by atoms with Gasteiger partial charge in [-0.3, -0.25) is 4.79 Å². The van der Waals surface area contributed by atoms with Crippen molar-refractivity contribution in [1.82, 2.24) is 0 Å². The van der Waals surface area contributed by atoms with Crippen LogP contribution in [0.15, 0.2) is 24.3 Å². The summed E-state index contributed by atoms with van der Waals surface area (Å²) in [6.07, 6.45) is 0. The third-order valence-corrected chi connectivity index (χ3v) is 1.78. The molecule has 0 radical (unpaired) electrons. The summed E-state index contributed by atoms with van der Waals surface area (Å²) in [4.78, 5) is 22.4. The van der Waals surface area contributed by atoms with Crippen LogP contribution in [0.2, 0.25) is 0 Å². The molecule has 0 aliphatic rings. The van der Waals surface area contributed by atoms with E-state index in [-0.39, 0.29) is 11.1 Å². The van der Waals surface area contributed by atoms with Crippen LogP contribution >= 0.6 is 0 Å². The maximum absolute atomic E-state index is 11.2. The van der Waals surface area contributed by atoms with E-state index < -0.39 is 18.4 Å². The zero-order valence-electron chi connectivity index (χ0n) is 7.69. The number of rotatable bonds is 3. The summed E-state index contributed by atoms with van der Waals surface area (Å²) in [6.45, 7) is -0.617. The van der Waals surface area contributed by atoms with Crippen LogP contribution in [-0.4, -0.2) is 30.6 Å². The Kier molecular flexibility index (Phi) is 3.36. The van der Waals surface area contributed by atoms with Crippen LogP contribution in [0.5, 0.6) is 0 Å². The Bertz CT molecular complexity index is 322. The van der Waals surface area contributed by atoms with Gasteiger partial charge in [0, 0.05) is 5.56 Å². The summed E-state index contributed by atoms with van der Waals surface area (Å²) in [5, 5.41) is 8.67. The second kappa shape index (κ2) is 4.53. The molecule has 0 saturated carbocycles. The fourth-order valence-electron chi connectivity index (χ4n) is 1.10. The van der Waals surface area contributed by atoms with Crippen LogP contribution in [0.25, 0.3) is 0 Å². The van der Waals surface area contributed by atoms with Gasteiger partial charge in [0.1, 0.15) is 6.61 Å². The molecule has 0 bridgehead atoms. The molecule has 4 nitrogen and oxygen atoms in total. The second-order valence-corrected chi connectivity index (χ2v) is 2.62. The molecule has 0 saturated heterocycles. The van der Waals surface area contributed by atoms with Crippen molar-refractivity contribution in [2.24, 2.45) is 0 Å². The van der Waals surface area contributed by atoms with Crippen LogP contribution in [0.4, 0.5) is 0 Å². The number of hydrogen-bond donors (Lipinski definition) is 1. The molecule has 1 aromatic carbocycles. The van der Waals surface area contributed by atoms with Crippen molar-refractivity contribution >= 4 is 11.8 Å². The topological polar surface area (TPSA) is 63.6 Å². The fourth-order valence-corrected chi connectivity index (χ4v) is 1.10. The van der Waals surface area contributed by atoms with Crippen molar-refractivity contribution in [1.29, 1.82) is 0 Å². The van der Waals surface area contributed by atoms with E-state index in [1.165, 1.54) is 19.2 Å². The zero-order chi connectivity index (χ0) is 10.6. The van der Waals surface area contributed by atoms with E-state index in [0.29, 0.717) is 0 Å². The van der Waals surface area contributed by atoms with E-state index >= 15 is 0 Å². The Morgan fingerprint density at radius 3 is 2.36 bits per heavy atom. The van der Waals surface area contributed by atoms with Gasteiger partial charge in [-0.25, -0.2) is 4.79 Å². The van der Waals surface area contributed by atoms with Crippen molar-refractivity contribution < 1.29 is 19.4 Å². The number of carbonyl (C=O) groups excluding carboxylic acids is 2. The maximum Gasteiger partial charge on any atom is 0.338 e. The first-order chi connectivity index (χ1) is 6.70. The molecular weight excluding hydrogens is 184 g/mol. The second-order valence-electron chi connectivity index (χ2n) is 2.62. The number of esters is 1. The van der Waals surface area contributed by atoms with Crippen LogP contribution in [-0.2, 0) is 4.74 Å². The smallest absolute Gasteiger partial charge is 0.338 e. The molecule has 0 fully saturated rings. The molecule has 0 spiro atoms. The van der Waals surface area contributed by atoms with E-state index in [9.17, 15) is 9.59 Å². The minimum atomic E-state index is -0.617. The Morgan fingerprint density at radius 2 is 1.86 bits per heavy atom. The Balaban J connectivity index is 3.15. The standard InChI is InChI=1S/C10H10O4/c1-14-10(13)8-5-3-2-4-7(8)9(12)6-11/h2-5,11H,6H2,1H3. The van der Waals surface area contributed by atoms with E-state index in [0.717, 1.165) is 0 Å². The Labute approximate surface area is 81.1 Å². The number of ketones is 1. The minimum absolute atomic E-state index is 0.175. The zero-order valence-corrected chi connectivity index (χ0v) is 7.69. The molecule has 1 N–H and O–H groups in total. The molecule has 0 aliphatic heterocycles. The summed E-state index contributed by atoms with van der Waals surface area (Å²) >= 11 is 0. The van der Waals surface area contributed by atoms with Crippen LogP contribution in [0.3, 0.4) is 0 Å². The van der Waals surface area contributed by atoms with Crippen molar-refractivity contribution in [2.45, 2.75) is 0 Å². The summed E-state index contributed by atoms with van der Waals surface area (Å²) in [5.74, 6) is -1.08. The highest BCUT2D eigenvalue weighted by Crippen LogP contribution is 2.10. The highest BCUT2D eigenvalue weighted by molar-refractivity contribution is 6.06. The summed E-state index contributed by atoms with van der Waals surface area (Å²) in [7, 11) is 1.24. The molecule has 0 aromatic heterocycles. The maximum atomic E-state index is 11.2. The Morgan fingerprint density at radius 1 is 1.29 bits per heavy atom. The van der Waals surface area contributed by atoms with Gasteiger partial charge in [0.15, 0.2) is 5.78 Å². The van der Waals surface area contributed by atoms with Gasteiger partial charge >= 0.3 is 5.97 Å². The molecule has 0 amide bonds. The monoisotopic (exact) mass is 194 g/mol. The first-order valence-electron chi connectivity index (χ1n) is 4.02. The molecule has 74 valence electrons. The highest BCUT2D eigenvalue weighted by Gasteiger charge is 2.15. The van der Waals surface area contributed by atoms with Crippen molar-refractivity contribution in [3.8, 4) is 0 Å². The Hall–Kier alpha value is -1.68. The normalized spacial score (nSPS) is 9.57. The number of methoxy groups -OCH3 is 1. The molecule has 0 unspecified atom stereocenters. The first kappa shape index (κ1) is 10.4. The highest BCUT2D eigenvalue weighted by atomic mass is 16.5. The van der Waals surface area contributed by atoms with Gasteiger partial charge in [-0.1, -0.05) is 18.2 Å². The van der Waals surface area contributed by atoms with Crippen molar-refractivity contribution in [2.75, 3.05) is 13.7 Å². The number of carbonyl (C=O) groups is 2. The van der Waals surface area contributed by atoms with Gasteiger partial charge in [0.25, 0.3) is 0 Å². The number of benzene rings is 1. The first-order valence-corrected chi connectivity index (χ1v) is 4.02. The fraction of sp³-hybridized carbons (Fsp3) is 0.200. The number of ether oxygens (including phenoxy) is 1. The predicted molar refractivity (Wildman–Crippen MR) is 49.2 cm³/mol. The summed E-state index contributed by atoms with van der Waals surface area (Å²) < 4.78 is 4.50. The third-order valence-electron chi connectivity index (χ3n) is 1.78. The average Bonchev–Trinajstić information content (AvgIpc) is 2.27. The van der Waals surface area contributed by atoms with Crippen LogP contribution in [0.1, 0.15) is 20.7 Å². The lowest BCUT2D eigenvalue weighted by Crippen LogP contribution is -2.12. The molecule has 0 aliphatic carbocycles. The van der Waals surface area contributed by atoms with Gasteiger partial charge in [-0.05, 0) is 6.07 Å². The van der Waals surface area contributed by atoms with Gasteiger partial charge in [0.2, 0.25) is 0 Å². The van der Waals surface area contributed by atoms with Gasteiger partial charge < -0.3 is 9.84 Å². The number of aliphatic hydroxyl groups is 1.